The van der Waals surface area contributed by atoms with Gasteiger partial charge in [-0.25, -0.2) is 4.98 Å². The van der Waals surface area contributed by atoms with Crippen LogP contribution in [-0.4, -0.2) is 24.5 Å². The van der Waals surface area contributed by atoms with Crippen molar-refractivity contribution in [2.24, 2.45) is 0 Å². The molecular formula is C20H16F2N2O3S. The molecule has 0 aliphatic heterocycles. The van der Waals surface area contributed by atoms with Crippen molar-refractivity contribution in [3.63, 3.8) is 0 Å². The molecule has 3 rings (SSSR count). The highest BCUT2D eigenvalue weighted by atomic mass is 32.1. The van der Waals surface area contributed by atoms with Crippen molar-refractivity contribution in [1.29, 1.82) is 0 Å². The molecule has 0 saturated carbocycles. The van der Waals surface area contributed by atoms with Gasteiger partial charge >= 0.3 is 6.61 Å². The topological polar surface area (TPSA) is 60.5 Å². The Morgan fingerprint density at radius 1 is 1.11 bits per heavy atom. The summed E-state index contributed by atoms with van der Waals surface area (Å²) < 4.78 is 33.8. The molecule has 0 unspecified atom stereocenters. The maximum absolute atomic E-state index is 12.2. The number of anilines is 1. The molecule has 0 saturated heterocycles. The van der Waals surface area contributed by atoms with E-state index >= 15 is 0 Å². The lowest BCUT2D eigenvalue weighted by Crippen LogP contribution is -2.01. The van der Waals surface area contributed by atoms with Crippen molar-refractivity contribution in [3.05, 3.63) is 71.8 Å². The SMILES string of the molecule is COc1ccc(C(=O)C=CNc2nc(-c3ccc(OC(F)F)cc3)cs2)cc1. The summed E-state index contributed by atoms with van der Waals surface area (Å²) in [7, 11) is 1.56. The van der Waals surface area contributed by atoms with Gasteiger partial charge in [-0.2, -0.15) is 8.78 Å². The number of benzene rings is 2. The number of nitrogens with zero attached hydrogens (tertiary/aromatic N) is 1. The van der Waals surface area contributed by atoms with Crippen molar-refractivity contribution < 1.29 is 23.0 Å². The summed E-state index contributed by atoms with van der Waals surface area (Å²) in [5, 5.41) is 5.38. The Bertz CT molecular complexity index is 954. The van der Waals surface area contributed by atoms with E-state index in [0.717, 1.165) is 5.56 Å². The van der Waals surface area contributed by atoms with Crippen LogP contribution in [0.5, 0.6) is 11.5 Å². The Morgan fingerprint density at radius 2 is 1.79 bits per heavy atom. The van der Waals surface area contributed by atoms with Crippen LogP contribution in [-0.2, 0) is 0 Å². The monoisotopic (exact) mass is 402 g/mol. The summed E-state index contributed by atoms with van der Waals surface area (Å²) in [4.78, 5) is 16.5. The van der Waals surface area contributed by atoms with Crippen LogP contribution < -0.4 is 14.8 Å². The molecule has 1 N–H and O–H groups in total. The molecule has 28 heavy (non-hydrogen) atoms. The van der Waals surface area contributed by atoms with Crippen LogP contribution in [0.1, 0.15) is 10.4 Å². The van der Waals surface area contributed by atoms with Gasteiger partial charge in [0.25, 0.3) is 0 Å². The second kappa shape index (κ2) is 9.09. The van der Waals surface area contributed by atoms with E-state index in [4.69, 9.17) is 4.74 Å². The lowest BCUT2D eigenvalue weighted by molar-refractivity contribution is -0.0498. The highest BCUT2D eigenvalue weighted by molar-refractivity contribution is 7.14. The first-order valence-electron chi connectivity index (χ1n) is 8.17. The van der Waals surface area contributed by atoms with Crippen molar-refractivity contribution in [2.75, 3.05) is 12.4 Å². The van der Waals surface area contributed by atoms with Gasteiger partial charge in [-0.1, -0.05) is 0 Å². The van der Waals surface area contributed by atoms with E-state index in [-0.39, 0.29) is 11.5 Å². The third-order valence-electron chi connectivity index (χ3n) is 3.70. The van der Waals surface area contributed by atoms with E-state index in [1.807, 2.05) is 5.38 Å². The second-order valence-corrected chi connectivity index (χ2v) is 6.37. The quantitative estimate of drug-likeness (QED) is 0.413. The van der Waals surface area contributed by atoms with Crippen molar-refractivity contribution in [1.82, 2.24) is 4.98 Å². The molecule has 0 aliphatic rings. The molecule has 1 heterocycles. The number of hydrogen-bond donors (Lipinski definition) is 1. The van der Waals surface area contributed by atoms with Crippen molar-refractivity contribution in [3.8, 4) is 22.8 Å². The average molecular weight is 402 g/mol. The zero-order chi connectivity index (χ0) is 19.9. The van der Waals surface area contributed by atoms with Gasteiger partial charge in [0.1, 0.15) is 11.5 Å². The molecule has 0 fully saturated rings. The Balaban J connectivity index is 1.59. The fourth-order valence-corrected chi connectivity index (χ4v) is 3.02. The molecule has 0 radical (unpaired) electrons. The molecule has 2 aromatic carbocycles. The minimum absolute atomic E-state index is 0.0901. The Labute approximate surface area is 164 Å². The Kier molecular flexibility index (Phi) is 6.33. The molecule has 0 amide bonds. The normalized spacial score (nSPS) is 11.0. The summed E-state index contributed by atoms with van der Waals surface area (Å²) in [5.41, 5.74) is 2.00. The third-order valence-corrected chi connectivity index (χ3v) is 4.47. The second-order valence-electron chi connectivity index (χ2n) is 5.51. The van der Waals surface area contributed by atoms with Crippen molar-refractivity contribution in [2.45, 2.75) is 6.61 Å². The number of alkyl halides is 2. The highest BCUT2D eigenvalue weighted by Gasteiger charge is 2.07. The summed E-state index contributed by atoms with van der Waals surface area (Å²) in [6.45, 7) is -2.85. The van der Waals surface area contributed by atoms with Gasteiger partial charge in [0.15, 0.2) is 10.9 Å². The number of aromatic nitrogens is 1. The number of hydrogen-bond acceptors (Lipinski definition) is 6. The Hall–Kier alpha value is -3.26. The first-order valence-corrected chi connectivity index (χ1v) is 9.05. The largest absolute Gasteiger partial charge is 0.497 e. The Morgan fingerprint density at radius 3 is 2.43 bits per heavy atom. The van der Waals surface area contributed by atoms with E-state index in [1.165, 1.54) is 35.7 Å². The van der Waals surface area contributed by atoms with E-state index < -0.39 is 6.61 Å². The summed E-state index contributed by atoms with van der Waals surface area (Å²) in [6.07, 6.45) is 2.94. The molecule has 8 heteroatoms. The molecule has 0 spiro atoms. The van der Waals surface area contributed by atoms with Crippen LogP contribution in [0.15, 0.2) is 66.2 Å². The number of allylic oxidation sites excluding steroid dienone is 1. The maximum atomic E-state index is 12.2. The van der Waals surface area contributed by atoms with E-state index in [1.54, 1.807) is 43.5 Å². The molecule has 3 aromatic rings. The third kappa shape index (κ3) is 5.14. The van der Waals surface area contributed by atoms with Gasteiger partial charge in [0.2, 0.25) is 0 Å². The minimum Gasteiger partial charge on any atom is -0.497 e. The zero-order valence-corrected chi connectivity index (χ0v) is 15.6. The number of carbonyl (C=O) groups is 1. The first kappa shape index (κ1) is 19.5. The number of ketones is 1. The van der Waals surface area contributed by atoms with Crippen molar-refractivity contribution >= 4 is 22.3 Å². The van der Waals surface area contributed by atoms with Gasteiger partial charge in [0.05, 0.1) is 12.8 Å². The average Bonchev–Trinajstić information content (AvgIpc) is 3.17. The predicted molar refractivity (Wildman–Crippen MR) is 104 cm³/mol. The number of rotatable bonds is 8. The van der Waals surface area contributed by atoms with Gasteiger partial charge in [-0.15, -0.1) is 11.3 Å². The molecule has 0 aliphatic carbocycles. The molecule has 0 atom stereocenters. The van der Waals surface area contributed by atoms with Crippen LogP contribution in [0.4, 0.5) is 13.9 Å². The standard InChI is InChI=1S/C20H16F2N2O3S/c1-26-15-6-4-14(5-7-15)18(25)10-11-23-20-24-17(12-28-20)13-2-8-16(9-3-13)27-19(21)22/h2-12,19H,1H3,(H,23,24). The number of ether oxygens (including phenoxy) is 2. The van der Waals surface area contributed by atoms with E-state index in [0.29, 0.717) is 22.1 Å². The van der Waals surface area contributed by atoms with Crippen LogP contribution >= 0.6 is 11.3 Å². The molecule has 1 aromatic heterocycles. The van der Waals surface area contributed by atoms with Gasteiger partial charge < -0.3 is 14.8 Å². The van der Waals surface area contributed by atoms with Crippen LogP contribution in [0.25, 0.3) is 11.3 Å². The number of carbonyl (C=O) groups excluding carboxylic acids is 1. The first-order chi connectivity index (χ1) is 13.5. The molecule has 144 valence electrons. The zero-order valence-electron chi connectivity index (χ0n) is 14.8. The van der Waals surface area contributed by atoms with Crippen LogP contribution in [0.3, 0.4) is 0 Å². The number of halogens is 2. The lowest BCUT2D eigenvalue weighted by atomic mass is 10.1. The van der Waals surface area contributed by atoms with Gasteiger partial charge in [-0.3, -0.25) is 4.79 Å². The number of thiazole rings is 1. The van der Waals surface area contributed by atoms with E-state index in [9.17, 15) is 13.6 Å². The van der Waals surface area contributed by atoms with Crippen LogP contribution in [0.2, 0.25) is 0 Å². The summed E-state index contributed by atoms with van der Waals surface area (Å²) in [6, 6.07) is 13.0. The number of nitrogens with one attached hydrogen (secondary N) is 1. The maximum Gasteiger partial charge on any atom is 0.387 e. The van der Waals surface area contributed by atoms with Crippen LogP contribution in [0, 0.1) is 0 Å². The molecule has 5 nitrogen and oxygen atoms in total. The fraction of sp³-hybridized carbons (Fsp3) is 0.100. The highest BCUT2D eigenvalue weighted by Crippen LogP contribution is 2.27. The summed E-state index contributed by atoms with van der Waals surface area (Å²) >= 11 is 1.36. The van der Waals surface area contributed by atoms with E-state index in [2.05, 4.69) is 15.0 Å². The minimum atomic E-state index is -2.85. The smallest absolute Gasteiger partial charge is 0.387 e. The summed E-state index contributed by atoms with van der Waals surface area (Å²) in [5.74, 6) is 0.622. The van der Waals surface area contributed by atoms with Gasteiger partial charge in [-0.05, 0) is 48.5 Å². The van der Waals surface area contributed by atoms with Gasteiger partial charge in [0, 0.05) is 28.8 Å². The molecule has 0 bridgehead atoms. The fourth-order valence-electron chi connectivity index (χ4n) is 2.32. The number of methoxy groups -OCH3 is 1. The molecular weight excluding hydrogens is 386 g/mol. The predicted octanol–water partition coefficient (Wildman–Crippen LogP) is 5.23. The lowest BCUT2D eigenvalue weighted by Gasteiger charge is -2.04.